The standard InChI is InChI=1S/C16H14O5S/c1-21-11-3-5-12(6-4-11)22-14-7-2-10(9-15(17)18)8-13(14)16(19)20/h2-8H,9H2,1H3,(H,17,18)(H,19,20). The summed E-state index contributed by atoms with van der Waals surface area (Å²) in [6.45, 7) is 0. The van der Waals surface area contributed by atoms with Crippen molar-refractivity contribution in [3.05, 3.63) is 53.6 Å². The molecule has 0 unspecified atom stereocenters. The molecule has 0 atom stereocenters. The predicted octanol–water partition coefficient (Wildman–Crippen LogP) is 3.17. The zero-order valence-electron chi connectivity index (χ0n) is 11.8. The first kappa shape index (κ1) is 15.9. The number of carbonyl (C=O) groups is 2. The Labute approximate surface area is 131 Å². The Hall–Kier alpha value is -2.47. The van der Waals surface area contributed by atoms with E-state index in [2.05, 4.69) is 0 Å². The second-order valence-electron chi connectivity index (χ2n) is 4.48. The first-order valence-corrected chi connectivity index (χ1v) is 7.21. The van der Waals surface area contributed by atoms with Gasteiger partial charge in [0.1, 0.15) is 5.75 Å². The van der Waals surface area contributed by atoms with Crippen molar-refractivity contribution < 1.29 is 24.5 Å². The molecule has 5 nitrogen and oxygen atoms in total. The van der Waals surface area contributed by atoms with Crippen molar-refractivity contribution in [1.82, 2.24) is 0 Å². The quantitative estimate of drug-likeness (QED) is 0.851. The Morgan fingerprint density at radius 1 is 1.09 bits per heavy atom. The lowest BCUT2D eigenvalue weighted by Gasteiger charge is -2.08. The third-order valence-electron chi connectivity index (χ3n) is 2.92. The van der Waals surface area contributed by atoms with Crippen LogP contribution in [0.25, 0.3) is 0 Å². The molecule has 2 rings (SSSR count). The maximum atomic E-state index is 11.4. The molecule has 0 radical (unpaired) electrons. The van der Waals surface area contributed by atoms with Gasteiger partial charge in [0, 0.05) is 9.79 Å². The number of aromatic carboxylic acids is 1. The van der Waals surface area contributed by atoms with Gasteiger partial charge in [-0.15, -0.1) is 0 Å². The van der Waals surface area contributed by atoms with Crippen LogP contribution >= 0.6 is 11.8 Å². The minimum atomic E-state index is -1.08. The van der Waals surface area contributed by atoms with Gasteiger partial charge in [0.25, 0.3) is 0 Å². The molecule has 2 aromatic carbocycles. The smallest absolute Gasteiger partial charge is 0.336 e. The molecule has 0 saturated carbocycles. The van der Waals surface area contributed by atoms with Gasteiger partial charge in [-0.1, -0.05) is 17.8 Å². The van der Waals surface area contributed by atoms with Crippen LogP contribution in [-0.4, -0.2) is 29.3 Å². The fourth-order valence-electron chi connectivity index (χ4n) is 1.89. The number of aliphatic carboxylic acids is 1. The minimum Gasteiger partial charge on any atom is -0.497 e. The molecule has 0 aliphatic heterocycles. The summed E-state index contributed by atoms with van der Waals surface area (Å²) in [6.07, 6.45) is -0.201. The number of carboxylic acid groups (broad SMARTS) is 2. The Bertz CT molecular complexity index is 694. The maximum Gasteiger partial charge on any atom is 0.336 e. The third-order valence-corrected chi connectivity index (χ3v) is 4.00. The average Bonchev–Trinajstić information content (AvgIpc) is 2.49. The molecule has 0 aromatic heterocycles. The van der Waals surface area contributed by atoms with Gasteiger partial charge in [0.15, 0.2) is 0 Å². The highest BCUT2D eigenvalue weighted by atomic mass is 32.2. The Morgan fingerprint density at radius 3 is 2.32 bits per heavy atom. The van der Waals surface area contributed by atoms with Crippen molar-refractivity contribution in [3.63, 3.8) is 0 Å². The van der Waals surface area contributed by atoms with E-state index >= 15 is 0 Å². The van der Waals surface area contributed by atoms with Crippen molar-refractivity contribution in [1.29, 1.82) is 0 Å². The van der Waals surface area contributed by atoms with E-state index in [1.807, 2.05) is 12.1 Å². The van der Waals surface area contributed by atoms with E-state index in [1.165, 1.54) is 17.8 Å². The second kappa shape index (κ2) is 7.00. The van der Waals surface area contributed by atoms with Crippen molar-refractivity contribution in [2.75, 3.05) is 7.11 Å². The summed E-state index contributed by atoms with van der Waals surface area (Å²) in [4.78, 5) is 23.5. The number of rotatable bonds is 6. The van der Waals surface area contributed by atoms with E-state index < -0.39 is 11.9 Å². The van der Waals surface area contributed by atoms with E-state index in [1.54, 1.807) is 31.4 Å². The Kier molecular flexibility index (Phi) is 5.06. The molecule has 0 saturated heterocycles. The molecule has 0 fully saturated rings. The molecule has 0 heterocycles. The molecule has 2 aromatic rings. The third kappa shape index (κ3) is 4.02. The van der Waals surface area contributed by atoms with Crippen molar-refractivity contribution in [2.24, 2.45) is 0 Å². The first-order chi connectivity index (χ1) is 10.5. The molecule has 0 aliphatic rings. The van der Waals surface area contributed by atoms with Crippen molar-refractivity contribution >= 4 is 23.7 Å². The van der Waals surface area contributed by atoms with Gasteiger partial charge in [0.2, 0.25) is 0 Å². The lowest BCUT2D eigenvalue weighted by Crippen LogP contribution is -2.04. The van der Waals surface area contributed by atoms with Gasteiger partial charge < -0.3 is 14.9 Å². The van der Waals surface area contributed by atoms with Crippen LogP contribution < -0.4 is 4.74 Å². The van der Waals surface area contributed by atoms with Crippen LogP contribution in [0.1, 0.15) is 15.9 Å². The lowest BCUT2D eigenvalue weighted by molar-refractivity contribution is -0.136. The fourth-order valence-corrected chi connectivity index (χ4v) is 2.81. The fraction of sp³-hybridized carbons (Fsp3) is 0.125. The monoisotopic (exact) mass is 318 g/mol. The summed E-state index contributed by atoms with van der Waals surface area (Å²) in [6, 6.07) is 11.9. The first-order valence-electron chi connectivity index (χ1n) is 6.39. The van der Waals surface area contributed by atoms with Crippen molar-refractivity contribution in [3.8, 4) is 5.75 Å². The highest BCUT2D eigenvalue weighted by molar-refractivity contribution is 7.99. The number of ether oxygens (including phenoxy) is 1. The summed E-state index contributed by atoms with van der Waals surface area (Å²) in [5, 5.41) is 18.1. The van der Waals surface area contributed by atoms with Gasteiger partial charge in [-0.2, -0.15) is 0 Å². The van der Waals surface area contributed by atoms with E-state index in [9.17, 15) is 14.7 Å². The van der Waals surface area contributed by atoms with Gasteiger partial charge in [-0.05, 0) is 42.0 Å². The maximum absolute atomic E-state index is 11.4. The van der Waals surface area contributed by atoms with Crippen LogP contribution in [0.4, 0.5) is 0 Å². The van der Waals surface area contributed by atoms with Gasteiger partial charge in [-0.25, -0.2) is 4.79 Å². The second-order valence-corrected chi connectivity index (χ2v) is 5.60. The van der Waals surface area contributed by atoms with Crippen LogP contribution in [0.3, 0.4) is 0 Å². The highest BCUT2D eigenvalue weighted by Crippen LogP contribution is 2.32. The Balaban J connectivity index is 2.28. The molecule has 0 aliphatic carbocycles. The molecular formula is C16H14O5S. The predicted molar refractivity (Wildman–Crippen MR) is 81.9 cm³/mol. The number of hydrogen-bond acceptors (Lipinski definition) is 4. The summed E-state index contributed by atoms with van der Waals surface area (Å²) < 4.78 is 5.08. The molecule has 22 heavy (non-hydrogen) atoms. The van der Waals surface area contributed by atoms with Gasteiger partial charge >= 0.3 is 11.9 Å². The van der Waals surface area contributed by atoms with E-state index in [-0.39, 0.29) is 12.0 Å². The molecule has 0 bridgehead atoms. The number of hydrogen-bond donors (Lipinski definition) is 2. The average molecular weight is 318 g/mol. The van der Waals surface area contributed by atoms with Crippen molar-refractivity contribution in [2.45, 2.75) is 16.2 Å². The SMILES string of the molecule is COc1ccc(Sc2ccc(CC(=O)O)cc2C(=O)O)cc1. The van der Waals surface area contributed by atoms with E-state index in [0.29, 0.717) is 10.5 Å². The van der Waals surface area contributed by atoms with Crippen LogP contribution in [0.2, 0.25) is 0 Å². The van der Waals surface area contributed by atoms with E-state index in [0.717, 1.165) is 10.6 Å². The highest BCUT2D eigenvalue weighted by Gasteiger charge is 2.13. The summed E-state index contributed by atoms with van der Waals surface area (Å²) in [5.74, 6) is -1.35. The van der Waals surface area contributed by atoms with Crippen LogP contribution in [0.5, 0.6) is 5.75 Å². The molecule has 0 spiro atoms. The molecule has 2 N–H and O–H groups in total. The molecule has 0 amide bonds. The van der Waals surface area contributed by atoms with Gasteiger partial charge in [0.05, 0.1) is 19.1 Å². The van der Waals surface area contributed by atoms with Crippen LogP contribution in [0, 0.1) is 0 Å². The Morgan fingerprint density at radius 2 is 1.77 bits per heavy atom. The summed E-state index contributed by atoms with van der Waals surface area (Å²) in [7, 11) is 1.58. The normalized spacial score (nSPS) is 10.2. The largest absolute Gasteiger partial charge is 0.497 e. The number of carboxylic acids is 2. The van der Waals surface area contributed by atoms with E-state index in [4.69, 9.17) is 9.84 Å². The van der Waals surface area contributed by atoms with Gasteiger partial charge in [-0.3, -0.25) is 4.79 Å². The topological polar surface area (TPSA) is 83.8 Å². The zero-order chi connectivity index (χ0) is 16.1. The summed E-state index contributed by atoms with van der Waals surface area (Å²) >= 11 is 1.31. The molecule has 114 valence electrons. The van der Waals surface area contributed by atoms with Crippen LogP contribution in [0.15, 0.2) is 52.3 Å². The number of methoxy groups -OCH3 is 1. The molecule has 6 heteroatoms. The van der Waals surface area contributed by atoms with Crippen LogP contribution in [-0.2, 0) is 11.2 Å². The summed E-state index contributed by atoms with van der Waals surface area (Å²) in [5.41, 5.74) is 0.559. The number of benzene rings is 2. The zero-order valence-corrected chi connectivity index (χ0v) is 12.6. The molecular weight excluding hydrogens is 304 g/mol. The minimum absolute atomic E-state index is 0.0968. The lowest BCUT2D eigenvalue weighted by atomic mass is 10.1.